The van der Waals surface area contributed by atoms with Gasteiger partial charge in [-0.05, 0) is 31.9 Å². The molecular weight excluding hydrogens is 186 g/mol. The summed E-state index contributed by atoms with van der Waals surface area (Å²) in [6.45, 7) is 4.59. The van der Waals surface area contributed by atoms with Crippen LogP contribution in [0.3, 0.4) is 0 Å². The number of carbonyl (C=O) groups excluding carboxylic acids is 1. The predicted molar refractivity (Wildman–Crippen MR) is 62.7 cm³/mol. The molecule has 0 fully saturated rings. The van der Waals surface area contributed by atoms with Crippen LogP contribution in [0.5, 0.6) is 0 Å². The molecule has 1 N–H and O–H groups in total. The summed E-state index contributed by atoms with van der Waals surface area (Å²) in [5.74, 6) is -0.0230. The highest BCUT2D eigenvalue weighted by Gasteiger charge is 1.95. The fraction of sp³-hybridized carbons (Fsp3) is 0.308. The van der Waals surface area contributed by atoms with Gasteiger partial charge in [-0.3, -0.25) is 4.79 Å². The first-order chi connectivity index (χ1) is 7.22. The maximum Gasteiger partial charge on any atom is 0.243 e. The minimum Gasteiger partial charge on any atom is -0.352 e. The zero-order valence-corrected chi connectivity index (χ0v) is 9.29. The summed E-state index contributed by atoms with van der Waals surface area (Å²) in [5, 5.41) is 2.83. The van der Waals surface area contributed by atoms with Crippen molar-refractivity contribution in [2.24, 2.45) is 0 Å². The van der Waals surface area contributed by atoms with Crippen molar-refractivity contribution in [3.05, 3.63) is 47.5 Å². The lowest BCUT2D eigenvalue weighted by Crippen LogP contribution is -2.23. The van der Waals surface area contributed by atoms with Gasteiger partial charge >= 0.3 is 0 Å². The largest absolute Gasteiger partial charge is 0.352 e. The smallest absolute Gasteiger partial charge is 0.243 e. The van der Waals surface area contributed by atoms with Crippen LogP contribution in [0.25, 0.3) is 0 Å². The van der Waals surface area contributed by atoms with E-state index in [4.69, 9.17) is 0 Å². The summed E-state index contributed by atoms with van der Waals surface area (Å²) >= 11 is 0. The first kappa shape index (κ1) is 11.5. The summed E-state index contributed by atoms with van der Waals surface area (Å²) in [5.41, 5.74) is 2.52. The fourth-order valence-electron chi connectivity index (χ4n) is 1.41. The van der Waals surface area contributed by atoms with E-state index in [1.807, 2.05) is 13.0 Å². The maximum atomic E-state index is 11.1. The molecule has 0 aliphatic heterocycles. The van der Waals surface area contributed by atoms with Gasteiger partial charge in [0.25, 0.3) is 0 Å². The van der Waals surface area contributed by atoms with Crippen molar-refractivity contribution in [2.45, 2.75) is 20.3 Å². The van der Waals surface area contributed by atoms with E-state index in [-0.39, 0.29) is 5.91 Å². The molecule has 2 heteroatoms. The highest BCUT2D eigenvalue weighted by atomic mass is 16.1. The fourth-order valence-corrected chi connectivity index (χ4v) is 1.41. The summed E-state index contributed by atoms with van der Waals surface area (Å²) < 4.78 is 0. The van der Waals surface area contributed by atoms with E-state index in [2.05, 4.69) is 30.4 Å². The van der Waals surface area contributed by atoms with E-state index >= 15 is 0 Å². The maximum absolute atomic E-state index is 11.1. The van der Waals surface area contributed by atoms with Crippen LogP contribution in [0.15, 0.2) is 36.4 Å². The Balaban J connectivity index is 2.35. The second kappa shape index (κ2) is 6.02. The van der Waals surface area contributed by atoms with Crippen molar-refractivity contribution in [1.82, 2.24) is 5.32 Å². The average Bonchev–Trinajstić information content (AvgIpc) is 2.18. The Morgan fingerprint density at radius 3 is 2.93 bits per heavy atom. The molecule has 0 unspecified atom stereocenters. The van der Waals surface area contributed by atoms with Crippen molar-refractivity contribution in [3.8, 4) is 0 Å². The number of hydrogen-bond donors (Lipinski definition) is 1. The lowest BCUT2D eigenvalue weighted by Gasteiger charge is -2.03. The topological polar surface area (TPSA) is 29.1 Å². The molecule has 1 amide bonds. The Hall–Kier alpha value is -1.57. The Labute approximate surface area is 91.0 Å². The first-order valence-electron chi connectivity index (χ1n) is 5.18. The van der Waals surface area contributed by atoms with Crippen molar-refractivity contribution in [2.75, 3.05) is 6.54 Å². The number of aryl methyl sites for hydroxylation is 1. The van der Waals surface area contributed by atoms with Crippen molar-refractivity contribution in [3.63, 3.8) is 0 Å². The molecule has 0 spiro atoms. The summed E-state index contributed by atoms with van der Waals surface area (Å²) in [6, 6.07) is 8.33. The Morgan fingerprint density at radius 2 is 2.27 bits per heavy atom. The van der Waals surface area contributed by atoms with Crippen molar-refractivity contribution < 1.29 is 4.79 Å². The summed E-state index contributed by atoms with van der Waals surface area (Å²) in [4.78, 5) is 11.1. The second-order valence-corrected chi connectivity index (χ2v) is 3.53. The molecular formula is C13H17NO. The van der Waals surface area contributed by atoms with Gasteiger partial charge in [-0.2, -0.15) is 0 Å². The van der Waals surface area contributed by atoms with Gasteiger partial charge in [0.1, 0.15) is 0 Å². The molecule has 0 bridgehead atoms. The number of rotatable bonds is 4. The SMILES string of the molecule is CC=CC(=O)NCCc1cccc(C)c1. The van der Waals surface area contributed by atoms with E-state index in [9.17, 15) is 4.79 Å². The van der Waals surface area contributed by atoms with Crippen molar-refractivity contribution in [1.29, 1.82) is 0 Å². The minimum absolute atomic E-state index is 0.0230. The molecule has 80 valence electrons. The van der Waals surface area contributed by atoms with Gasteiger partial charge in [0.2, 0.25) is 5.91 Å². The number of carbonyl (C=O) groups is 1. The van der Waals surface area contributed by atoms with Crippen molar-refractivity contribution >= 4 is 5.91 Å². The standard InChI is InChI=1S/C13H17NO/c1-3-5-13(15)14-9-8-12-7-4-6-11(2)10-12/h3-7,10H,8-9H2,1-2H3,(H,14,15). The number of amides is 1. The van der Waals surface area contributed by atoms with Gasteiger partial charge in [-0.25, -0.2) is 0 Å². The molecule has 0 saturated heterocycles. The molecule has 0 saturated carbocycles. The zero-order chi connectivity index (χ0) is 11.1. The number of allylic oxidation sites excluding steroid dienone is 1. The molecule has 0 atom stereocenters. The third-order valence-electron chi connectivity index (χ3n) is 2.11. The van der Waals surface area contributed by atoms with Gasteiger partial charge < -0.3 is 5.32 Å². The molecule has 0 heterocycles. The molecule has 15 heavy (non-hydrogen) atoms. The van der Waals surface area contributed by atoms with Crippen LogP contribution in [0, 0.1) is 6.92 Å². The molecule has 0 aliphatic carbocycles. The lowest BCUT2D eigenvalue weighted by atomic mass is 10.1. The van der Waals surface area contributed by atoms with E-state index < -0.39 is 0 Å². The number of nitrogens with one attached hydrogen (secondary N) is 1. The first-order valence-corrected chi connectivity index (χ1v) is 5.18. The number of benzene rings is 1. The second-order valence-electron chi connectivity index (χ2n) is 3.53. The van der Waals surface area contributed by atoms with Crippen LogP contribution in [0.4, 0.5) is 0 Å². The van der Waals surface area contributed by atoms with E-state index in [0.29, 0.717) is 6.54 Å². The molecule has 0 aliphatic rings. The monoisotopic (exact) mass is 203 g/mol. The van der Waals surface area contributed by atoms with Crippen LogP contribution in [-0.2, 0) is 11.2 Å². The Morgan fingerprint density at radius 1 is 1.47 bits per heavy atom. The third-order valence-corrected chi connectivity index (χ3v) is 2.11. The van der Waals surface area contributed by atoms with E-state index in [1.54, 1.807) is 6.08 Å². The van der Waals surface area contributed by atoms with Crippen LogP contribution in [-0.4, -0.2) is 12.5 Å². The van der Waals surface area contributed by atoms with E-state index in [0.717, 1.165) is 6.42 Å². The quantitative estimate of drug-likeness (QED) is 0.747. The number of hydrogen-bond acceptors (Lipinski definition) is 1. The van der Waals surface area contributed by atoms with Gasteiger partial charge in [-0.15, -0.1) is 0 Å². The molecule has 0 radical (unpaired) electrons. The normalized spacial score (nSPS) is 10.5. The minimum atomic E-state index is -0.0230. The lowest BCUT2D eigenvalue weighted by molar-refractivity contribution is -0.116. The van der Waals surface area contributed by atoms with Crippen LogP contribution in [0.2, 0.25) is 0 Å². The van der Waals surface area contributed by atoms with Gasteiger partial charge in [-0.1, -0.05) is 35.9 Å². The predicted octanol–water partition coefficient (Wildman–Crippen LogP) is 2.23. The molecule has 0 aromatic heterocycles. The highest BCUT2D eigenvalue weighted by Crippen LogP contribution is 2.03. The molecule has 1 aromatic rings. The van der Waals surface area contributed by atoms with Crippen LogP contribution in [0.1, 0.15) is 18.1 Å². The molecule has 1 aromatic carbocycles. The zero-order valence-electron chi connectivity index (χ0n) is 9.29. The summed E-state index contributed by atoms with van der Waals surface area (Å²) in [7, 11) is 0. The van der Waals surface area contributed by atoms with Gasteiger partial charge in [0, 0.05) is 6.54 Å². The van der Waals surface area contributed by atoms with E-state index in [1.165, 1.54) is 17.2 Å². The van der Waals surface area contributed by atoms with Gasteiger partial charge in [0.05, 0.1) is 0 Å². The highest BCUT2D eigenvalue weighted by molar-refractivity contribution is 5.87. The average molecular weight is 203 g/mol. The van der Waals surface area contributed by atoms with Crippen LogP contribution < -0.4 is 5.32 Å². The molecule has 2 nitrogen and oxygen atoms in total. The third kappa shape index (κ3) is 4.45. The Bertz CT molecular complexity index is 355. The van der Waals surface area contributed by atoms with Crippen LogP contribution >= 0.6 is 0 Å². The van der Waals surface area contributed by atoms with Gasteiger partial charge in [0.15, 0.2) is 0 Å². The Kier molecular flexibility index (Phi) is 4.61. The summed E-state index contributed by atoms with van der Waals surface area (Å²) in [6.07, 6.45) is 4.16. The molecule has 1 rings (SSSR count).